The lowest BCUT2D eigenvalue weighted by molar-refractivity contribution is 0.101. The van der Waals surface area contributed by atoms with Gasteiger partial charge in [-0.2, -0.15) is 0 Å². The minimum atomic E-state index is -0.437. The molecule has 4 rings (SSSR count). The van der Waals surface area contributed by atoms with Crippen LogP contribution in [0.15, 0.2) is 95.9 Å². The summed E-state index contributed by atoms with van der Waals surface area (Å²) in [5.74, 6) is -1.28. The molecule has 0 atom stereocenters. The number of hydrogen-bond acceptors (Lipinski definition) is 3. The molecule has 8 heteroatoms. The van der Waals surface area contributed by atoms with E-state index in [-0.39, 0.29) is 17.7 Å². The zero-order valence-electron chi connectivity index (χ0n) is 17.8. The standard InChI is InChI=1S/C26H19ClFN3O3/c27-23-7-2-1-4-19(23)15-31-16-22(12-13-24(31)32)30-26(34)18-5-3-6-21(14-18)29-25(33)17-8-10-20(28)11-9-17/h1-14,16H,15H2,(H,29,33)(H,30,34). The third-order valence-electron chi connectivity index (χ3n) is 5.03. The van der Waals surface area contributed by atoms with Crippen LogP contribution in [0.3, 0.4) is 0 Å². The largest absolute Gasteiger partial charge is 0.322 e. The second-order valence-corrected chi connectivity index (χ2v) is 7.88. The first-order valence-corrected chi connectivity index (χ1v) is 10.7. The molecule has 0 aliphatic rings. The summed E-state index contributed by atoms with van der Waals surface area (Å²) in [5.41, 5.74) is 1.98. The van der Waals surface area contributed by atoms with E-state index in [0.29, 0.717) is 22.0 Å². The van der Waals surface area contributed by atoms with Gasteiger partial charge in [0.05, 0.1) is 12.2 Å². The molecular formula is C26H19ClFN3O3. The average Bonchev–Trinajstić information content (AvgIpc) is 2.83. The molecule has 0 saturated heterocycles. The molecule has 0 aliphatic heterocycles. The predicted octanol–water partition coefficient (Wildman–Crippen LogP) is 5.19. The Hall–Kier alpha value is -4.23. The van der Waals surface area contributed by atoms with Gasteiger partial charge in [-0.05, 0) is 60.2 Å². The Morgan fingerprint density at radius 2 is 1.50 bits per heavy atom. The van der Waals surface area contributed by atoms with Crippen LogP contribution in [0.5, 0.6) is 0 Å². The van der Waals surface area contributed by atoms with E-state index in [2.05, 4.69) is 10.6 Å². The molecule has 1 aromatic heterocycles. The average molecular weight is 476 g/mol. The van der Waals surface area contributed by atoms with E-state index in [0.717, 1.165) is 5.56 Å². The lowest BCUT2D eigenvalue weighted by Gasteiger charge is -2.11. The first kappa shape index (κ1) is 22.9. The zero-order chi connectivity index (χ0) is 24.1. The van der Waals surface area contributed by atoms with Gasteiger partial charge in [-0.25, -0.2) is 4.39 Å². The van der Waals surface area contributed by atoms with Gasteiger partial charge in [-0.3, -0.25) is 14.4 Å². The number of pyridine rings is 1. The van der Waals surface area contributed by atoms with Crippen LogP contribution in [-0.4, -0.2) is 16.4 Å². The predicted molar refractivity (Wildman–Crippen MR) is 130 cm³/mol. The minimum absolute atomic E-state index is 0.233. The van der Waals surface area contributed by atoms with E-state index in [1.54, 1.807) is 30.5 Å². The first-order valence-electron chi connectivity index (χ1n) is 10.3. The van der Waals surface area contributed by atoms with Crippen LogP contribution >= 0.6 is 11.6 Å². The summed E-state index contributed by atoms with van der Waals surface area (Å²) in [4.78, 5) is 37.4. The number of nitrogens with zero attached hydrogens (tertiary/aromatic N) is 1. The normalized spacial score (nSPS) is 10.5. The molecule has 2 amide bonds. The lowest BCUT2D eigenvalue weighted by Crippen LogP contribution is -2.21. The van der Waals surface area contributed by atoms with Crippen molar-refractivity contribution in [1.29, 1.82) is 0 Å². The second kappa shape index (κ2) is 10.1. The summed E-state index contributed by atoms with van der Waals surface area (Å²) in [7, 11) is 0. The van der Waals surface area contributed by atoms with E-state index >= 15 is 0 Å². The van der Waals surface area contributed by atoms with Crippen molar-refractivity contribution in [1.82, 2.24) is 4.57 Å². The maximum absolute atomic E-state index is 13.1. The number of aromatic nitrogens is 1. The zero-order valence-corrected chi connectivity index (χ0v) is 18.6. The molecule has 0 aliphatic carbocycles. The number of carbonyl (C=O) groups is 2. The molecule has 0 saturated carbocycles. The lowest BCUT2D eigenvalue weighted by atomic mass is 10.1. The molecule has 1 heterocycles. The number of hydrogen-bond donors (Lipinski definition) is 2. The van der Waals surface area contributed by atoms with E-state index in [4.69, 9.17) is 11.6 Å². The van der Waals surface area contributed by atoms with Gasteiger partial charge in [0.1, 0.15) is 5.82 Å². The Morgan fingerprint density at radius 3 is 2.26 bits per heavy atom. The molecular weight excluding hydrogens is 457 g/mol. The fraction of sp³-hybridized carbons (Fsp3) is 0.0385. The van der Waals surface area contributed by atoms with Gasteiger partial charge in [0.25, 0.3) is 17.4 Å². The van der Waals surface area contributed by atoms with Crippen molar-refractivity contribution in [2.75, 3.05) is 10.6 Å². The molecule has 0 radical (unpaired) electrons. The molecule has 0 bridgehead atoms. The van der Waals surface area contributed by atoms with Crippen molar-refractivity contribution < 1.29 is 14.0 Å². The topological polar surface area (TPSA) is 80.2 Å². The molecule has 0 unspecified atom stereocenters. The van der Waals surface area contributed by atoms with Gasteiger partial charge in [0, 0.05) is 34.1 Å². The van der Waals surface area contributed by atoms with Gasteiger partial charge in [-0.15, -0.1) is 0 Å². The Bertz CT molecular complexity index is 1420. The number of rotatable bonds is 6. The van der Waals surface area contributed by atoms with E-state index in [1.165, 1.54) is 47.0 Å². The summed E-state index contributed by atoms with van der Waals surface area (Å²) in [6, 6.07) is 21.6. The molecule has 4 aromatic rings. The maximum Gasteiger partial charge on any atom is 0.255 e. The molecule has 3 aromatic carbocycles. The molecule has 6 nitrogen and oxygen atoms in total. The summed E-state index contributed by atoms with van der Waals surface area (Å²) in [5, 5.41) is 5.99. The van der Waals surface area contributed by atoms with E-state index in [1.807, 2.05) is 18.2 Å². The van der Waals surface area contributed by atoms with Gasteiger partial charge in [0.15, 0.2) is 0 Å². The highest BCUT2D eigenvalue weighted by molar-refractivity contribution is 6.31. The molecule has 0 spiro atoms. The number of amides is 2. The Morgan fingerprint density at radius 1 is 0.794 bits per heavy atom. The van der Waals surface area contributed by atoms with Crippen LogP contribution in [0.2, 0.25) is 5.02 Å². The third kappa shape index (κ3) is 5.57. The Kier molecular flexibility index (Phi) is 6.85. The fourth-order valence-corrected chi connectivity index (χ4v) is 3.48. The summed E-state index contributed by atoms with van der Waals surface area (Å²) >= 11 is 6.20. The Labute approximate surface area is 199 Å². The minimum Gasteiger partial charge on any atom is -0.322 e. The maximum atomic E-state index is 13.1. The van der Waals surface area contributed by atoms with Crippen molar-refractivity contribution in [3.63, 3.8) is 0 Å². The molecule has 0 fully saturated rings. The number of anilines is 2. The quantitative estimate of drug-likeness (QED) is 0.402. The number of halogens is 2. The number of benzene rings is 3. The van der Waals surface area contributed by atoms with Crippen molar-refractivity contribution in [2.24, 2.45) is 0 Å². The highest BCUT2D eigenvalue weighted by Gasteiger charge is 2.11. The van der Waals surface area contributed by atoms with Crippen molar-refractivity contribution >= 4 is 34.8 Å². The van der Waals surface area contributed by atoms with Crippen LogP contribution in [0.25, 0.3) is 0 Å². The van der Waals surface area contributed by atoms with Crippen LogP contribution in [0, 0.1) is 5.82 Å². The van der Waals surface area contributed by atoms with Gasteiger partial charge >= 0.3 is 0 Å². The highest BCUT2D eigenvalue weighted by Crippen LogP contribution is 2.17. The van der Waals surface area contributed by atoms with Gasteiger partial charge in [-0.1, -0.05) is 35.9 Å². The monoisotopic (exact) mass is 475 g/mol. The number of nitrogens with one attached hydrogen (secondary N) is 2. The van der Waals surface area contributed by atoms with Crippen molar-refractivity contribution in [3.8, 4) is 0 Å². The van der Waals surface area contributed by atoms with Gasteiger partial charge in [0.2, 0.25) is 0 Å². The van der Waals surface area contributed by atoms with Crippen LogP contribution in [-0.2, 0) is 6.54 Å². The van der Waals surface area contributed by atoms with Crippen LogP contribution < -0.4 is 16.2 Å². The van der Waals surface area contributed by atoms with Crippen molar-refractivity contribution in [2.45, 2.75) is 6.54 Å². The smallest absolute Gasteiger partial charge is 0.255 e. The molecule has 2 N–H and O–H groups in total. The molecule has 170 valence electrons. The van der Waals surface area contributed by atoms with E-state index < -0.39 is 17.6 Å². The summed E-state index contributed by atoms with van der Waals surface area (Å²) in [6.07, 6.45) is 1.55. The summed E-state index contributed by atoms with van der Waals surface area (Å²) < 4.78 is 14.5. The molecule has 34 heavy (non-hydrogen) atoms. The van der Waals surface area contributed by atoms with Crippen LogP contribution in [0.4, 0.5) is 15.8 Å². The fourth-order valence-electron chi connectivity index (χ4n) is 3.28. The third-order valence-corrected chi connectivity index (χ3v) is 5.40. The van der Waals surface area contributed by atoms with Crippen LogP contribution in [0.1, 0.15) is 26.3 Å². The van der Waals surface area contributed by atoms with Gasteiger partial charge < -0.3 is 15.2 Å². The van der Waals surface area contributed by atoms with E-state index in [9.17, 15) is 18.8 Å². The first-order chi connectivity index (χ1) is 16.4. The SMILES string of the molecule is O=C(Nc1cccc(C(=O)Nc2ccc(=O)n(Cc3ccccc3Cl)c2)c1)c1ccc(F)cc1. The number of carbonyl (C=O) groups excluding carboxylic acids is 2. The second-order valence-electron chi connectivity index (χ2n) is 7.47. The highest BCUT2D eigenvalue weighted by atomic mass is 35.5. The van der Waals surface area contributed by atoms with Crippen molar-refractivity contribution in [3.05, 3.63) is 129 Å². The Balaban J connectivity index is 1.48. The summed E-state index contributed by atoms with van der Waals surface area (Å²) in [6.45, 7) is 0.257.